The summed E-state index contributed by atoms with van der Waals surface area (Å²) in [6.07, 6.45) is 6.49. The van der Waals surface area contributed by atoms with Gasteiger partial charge in [-0.05, 0) is 43.2 Å². The first-order chi connectivity index (χ1) is 10.5. The number of aromatic nitrogens is 1. The van der Waals surface area contributed by atoms with E-state index in [1.807, 2.05) is 32.0 Å². The molecule has 1 heterocycles. The highest BCUT2D eigenvalue weighted by molar-refractivity contribution is 7.74. The number of hydrogen-bond donors (Lipinski definition) is 0. The van der Waals surface area contributed by atoms with Crippen molar-refractivity contribution in [3.05, 3.63) is 67.0 Å². The van der Waals surface area contributed by atoms with Gasteiger partial charge in [0.25, 0.3) is 7.37 Å². The van der Waals surface area contributed by atoms with E-state index in [1.165, 1.54) is 0 Å². The lowest BCUT2D eigenvalue weighted by molar-refractivity contribution is 0.254. The van der Waals surface area contributed by atoms with Crippen LogP contribution in [0.15, 0.2) is 55.9 Å². The summed E-state index contributed by atoms with van der Waals surface area (Å²) in [6, 6.07) is 9.07. The molecule has 0 amide bonds. The maximum atomic E-state index is 13.7. The topological polar surface area (TPSA) is 39.2 Å². The molecule has 4 heteroatoms. The lowest BCUT2D eigenvalue weighted by Gasteiger charge is -2.24. The molecule has 1 aromatic heterocycles. The molecule has 0 aliphatic heterocycles. The van der Waals surface area contributed by atoms with Gasteiger partial charge in [0.1, 0.15) is 0 Å². The van der Waals surface area contributed by atoms with Gasteiger partial charge in [-0.1, -0.05) is 37.4 Å². The quantitative estimate of drug-likeness (QED) is 0.756. The monoisotopic (exact) mass is 313 g/mol. The molecule has 2 rings (SSSR count). The van der Waals surface area contributed by atoms with Crippen LogP contribution < -0.4 is 10.6 Å². The fourth-order valence-corrected chi connectivity index (χ4v) is 4.77. The minimum absolute atomic E-state index is 0.177. The Kier molecular flexibility index (Phi) is 5.12. The van der Waals surface area contributed by atoms with E-state index in [0.29, 0.717) is 10.6 Å². The fourth-order valence-electron chi connectivity index (χ4n) is 2.32. The molecule has 1 unspecified atom stereocenters. The molecule has 0 radical (unpaired) electrons. The van der Waals surface area contributed by atoms with E-state index >= 15 is 0 Å². The molecule has 0 N–H and O–H groups in total. The van der Waals surface area contributed by atoms with Crippen LogP contribution in [0.3, 0.4) is 0 Å². The molecule has 114 valence electrons. The Bertz CT molecular complexity index is 723. The molecule has 0 bridgehead atoms. The first-order valence-electron chi connectivity index (χ1n) is 7.10. The van der Waals surface area contributed by atoms with Gasteiger partial charge in [-0.15, -0.1) is 0 Å². The molecule has 0 aliphatic carbocycles. The third kappa shape index (κ3) is 3.11. The van der Waals surface area contributed by atoms with Crippen LogP contribution in [0, 0.1) is 0 Å². The van der Waals surface area contributed by atoms with Crippen molar-refractivity contribution < 1.29 is 9.09 Å². The van der Waals surface area contributed by atoms with Gasteiger partial charge >= 0.3 is 0 Å². The summed E-state index contributed by atoms with van der Waals surface area (Å²) in [4.78, 5) is 4.00. The van der Waals surface area contributed by atoms with Gasteiger partial charge in [-0.25, -0.2) is 0 Å². The van der Waals surface area contributed by atoms with Gasteiger partial charge in [-0.2, -0.15) is 0 Å². The smallest absolute Gasteiger partial charge is 0.262 e. The Hall–Kier alpha value is -1.96. The summed E-state index contributed by atoms with van der Waals surface area (Å²) in [5.41, 5.74) is 1.67. The van der Waals surface area contributed by atoms with E-state index in [1.54, 1.807) is 36.7 Å². The highest BCUT2D eigenvalue weighted by Crippen LogP contribution is 2.47. The first kappa shape index (κ1) is 16.4. The van der Waals surface area contributed by atoms with Crippen molar-refractivity contribution in [3.8, 4) is 0 Å². The second kappa shape index (κ2) is 6.87. The third-order valence-corrected chi connectivity index (χ3v) is 5.94. The lowest BCUT2D eigenvalue weighted by atomic mass is 10.1. The second-order valence-electron chi connectivity index (χ2n) is 5.10. The van der Waals surface area contributed by atoms with Crippen molar-refractivity contribution >= 4 is 30.1 Å². The van der Waals surface area contributed by atoms with Crippen LogP contribution >= 0.6 is 7.37 Å². The summed E-state index contributed by atoms with van der Waals surface area (Å²) in [5.74, 6) is 0. The minimum Gasteiger partial charge on any atom is -0.319 e. The highest BCUT2D eigenvalue weighted by atomic mass is 31.2. The zero-order valence-corrected chi connectivity index (χ0v) is 13.8. The van der Waals surface area contributed by atoms with Gasteiger partial charge in [0.05, 0.1) is 6.10 Å². The Morgan fingerprint density at radius 3 is 2.36 bits per heavy atom. The molecular weight excluding hydrogens is 293 g/mol. The van der Waals surface area contributed by atoms with Crippen molar-refractivity contribution in [2.75, 3.05) is 0 Å². The molecule has 3 nitrogen and oxygen atoms in total. The predicted molar refractivity (Wildman–Crippen MR) is 94.0 cm³/mol. The highest BCUT2D eigenvalue weighted by Gasteiger charge is 2.32. The summed E-state index contributed by atoms with van der Waals surface area (Å²) in [6.45, 7) is 11.4. The molecule has 0 aliphatic rings. The maximum Gasteiger partial charge on any atom is 0.262 e. The molecular formula is C18H20NO2P. The molecule has 2 aromatic rings. The van der Waals surface area contributed by atoms with Gasteiger partial charge in [0, 0.05) is 23.0 Å². The van der Waals surface area contributed by atoms with Crippen molar-refractivity contribution in [3.63, 3.8) is 0 Å². The molecule has 0 saturated carbocycles. The standard InChI is InChI=1S/C18H20NO2P/c1-5-15-8-7-9-18(17(15)6-2)22(20,21-14(3)4)16-10-12-19-13-11-16/h5-14H,1-2H2,3-4H3. The average Bonchev–Trinajstić information content (AvgIpc) is 2.54. The zero-order chi connectivity index (χ0) is 16.2. The molecule has 0 fully saturated rings. The van der Waals surface area contributed by atoms with E-state index in [0.717, 1.165) is 11.1 Å². The lowest BCUT2D eigenvalue weighted by Crippen LogP contribution is -2.23. The third-order valence-electron chi connectivity index (χ3n) is 3.22. The Balaban J connectivity index is 2.74. The number of hydrogen-bond acceptors (Lipinski definition) is 3. The van der Waals surface area contributed by atoms with Crippen LogP contribution in [-0.2, 0) is 9.09 Å². The fraction of sp³-hybridized carbons (Fsp3) is 0.167. The van der Waals surface area contributed by atoms with Gasteiger partial charge < -0.3 is 4.52 Å². The number of pyridine rings is 1. The summed E-state index contributed by atoms with van der Waals surface area (Å²) in [5, 5.41) is 1.26. The summed E-state index contributed by atoms with van der Waals surface area (Å²) in [7, 11) is -3.23. The minimum atomic E-state index is -3.23. The van der Waals surface area contributed by atoms with Crippen LogP contribution in [0.25, 0.3) is 12.2 Å². The number of rotatable bonds is 6. The maximum absolute atomic E-state index is 13.7. The van der Waals surface area contributed by atoms with E-state index in [-0.39, 0.29) is 6.10 Å². The summed E-state index contributed by atoms with van der Waals surface area (Å²) >= 11 is 0. The largest absolute Gasteiger partial charge is 0.319 e. The van der Waals surface area contributed by atoms with Crippen LogP contribution in [0.5, 0.6) is 0 Å². The normalized spacial score (nSPS) is 13.6. The number of benzene rings is 1. The Labute approximate surface area is 131 Å². The van der Waals surface area contributed by atoms with Gasteiger partial charge in [-0.3, -0.25) is 9.55 Å². The van der Waals surface area contributed by atoms with Crippen LogP contribution in [0.4, 0.5) is 0 Å². The van der Waals surface area contributed by atoms with Crippen LogP contribution in [0.2, 0.25) is 0 Å². The van der Waals surface area contributed by atoms with Crippen molar-refractivity contribution in [1.29, 1.82) is 0 Å². The van der Waals surface area contributed by atoms with E-state index < -0.39 is 7.37 Å². The van der Waals surface area contributed by atoms with Crippen molar-refractivity contribution in [2.24, 2.45) is 0 Å². The zero-order valence-electron chi connectivity index (χ0n) is 12.9. The van der Waals surface area contributed by atoms with Crippen LogP contribution in [0.1, 0.15) is 25.0 Å². The van der Waals surface area contributed by atoms with Gasteiger partial charge in [0.15, 0.2) is 0 Å². The van der Waals surface area contributed by atoms with E-state index in [4.69, 9.17) is 4.52 Å². The molecule has 1 atom stereocenters. The molecule has 1 aromatic carbocycles. The first-order valence-corrected chi connectivity index (χ1v) is 8.73. The molecule has 0 spiro atoms. The van der Waals surface area contributed by atoms with Gasteiger partial charge in [0.2, 0.25) is 0 Å². The second-order valence-corrected chi connectivity index (χ2v) is 7.41. The molecule has 22 heavy (non-hydrogen) atoms. The van der Waals surface area contributed by atoms with E-state index in [9.17, 15) is 4.57 Å². The summed E-state index contributed by atoms with van der Waals surface area (Å²) < 4.78 is 19.6. The predicted octanol–water partition coefficient (Wildman–Crippen LogP) is 4.02. The van der Waals surface area contributed by atoms with E-state index in [2.05, 4.69) is 18.1 Å². The molecule has 0 saturated heterocycles. The van der Waals surface area contributed by atoms with Crippen LogP contribution in [-0.4, -0.2) is 11.1 Å². The van der Waals surface area contributed by atoms with Crippen molar-refractivity contribution in [1.82, 2.24) is 4.98 Å². The SMILES string of the molecule is C=Cc1cccc(P(=O)(OC(C)C)c2ccncc2)c1C=C. The Morgan fingerprint density at radius 1 is 1.14 bits per heavy atom. The average molecular weight is 313 g/mol. The number of nitrogens with zero attached hydrogens (tertiary/aromatic N) is 1. The van der Waals surface area contributed by atoms with Crippen molar-refractivity contribution in [2.45, 2.75) is 20.0 Å². The Morgan fingerprint density at radius 2 is 1.82 bits per heavy atom.